The zero-order valence-corrected chi connectivity index (χ0v) is 30.4. The molecule has 4 aliphatic rings. The van der Waals surface area contributed by atoms with Gasteiger partial charge in [-0.05, 0) is 73.9 Å². The average molecular weight is 766 g/mol. The summed E-state index contributed by atoms with van der Waals surface area (Å²) in [5.74, 6) is -3.62. The van der Waals surface area contributed by atoms with E-state index in [1.807, 2.05) is 29.0 Å². The van der Waals surface area contributed by atoms with Crippen LogP contribution in [0.25, 0.3) is 22.2 Å². The van der Waals surface area contributed by atoms with Crippen molar-refractivity contribution < 1.29 is 36.3 Å². The predicted molar refractivity (Wildman–Crippen MR) is 197 cm³/mol. The van der Waals surface area contributed by atoms with Gasteiger partial charge in [0.25, 0.3) is 0 Å². The highest BCUT2D eigenvalue weighted by molar-refractivity contribution is 7.90. The van der Waals surface area contributed by atoms with Crippen LogP contribution in [0.1, 0.15) is 48.0 Å². The van der Waals surface area contributed by atoms with Crippen LogP contribution in [-0.4, -0.2) is 120 Å². The number of piperidine rings is 1. The molecule has 1 atom stereocenters. The van der Waals surface area contributed by atoms with Gasteiger partial charge < -0.3 is 19.9 Å². The summed E-state index contributed by atoms with van der Waals surface area (Å²) in [6.07, 6.45) is 5.29. The number of nitrogens with one attached hydrogen (secondary N) is 2. The van der Waals surface area contributed by atoms with E-state index in [0.717, 1.165) is 99.2 Å². The van der Waals surface area contributed by atoms with Crippen LogP contribution < -0.4 is 9.62 Å². The normalized spacial score (nSPS) is 21.5. The lowest BCUT2D eigenvalue weighted by atomic mass is 9.95. The van der Waals surface area contributed by atoms with E-state index in [0.29, 0.717) is 22.5 Å². The maximum absolute atomic E-state index is 15.7. The number of anilines is 2. The molecule has 0 spiro atoms. The van der Waals surface area contributed by atoms with Crippen LogP contribution in [0.4, 0.5) is 24.5 Å². The van der Waals surface area contributed by atoms with Gasteiger partial charge in [0.2, 0.25) is 5.78 Å². The Kier molecular flexibility index (Phi) is 9.65. The van der Waals surface area contributed by atoms with Crippen LogP contribution in [0.5, 0.6) is 0 Å². The van der Waals surface area contributed by atoms with Crippen molar-refractivity contribution in [1.29, 1.82) is 0 Å². The van der Waals surface area contributed by atoms with Gasteiger partial charge in [-0.3, -0.25) is 19.2 Å². The number of fused-ring (bicyclic) bond motifs is 1. The maximum atomic E-state index is 15.7. The number of aliphatic carboxylic acids is 1. The van der Waals surface area contributed by atoms with Crippen LogP contribution in [0.2, 0.25) is 0 Å². The Balaban J connectivity index is 0.913. The Labute approximate surface area is 311 Å². The second-order valence-corrected chi connectivity index (χ2v) is 16.6. The summed E-state index contributed by atoms with van der Waals surface area (Å²) in [5, 5.41) is 9.97. The standard InChI is InChI=1S/C38H42F3N7O5S/c39-27-9-14-48(23-27)54(52,53)44-32-6-5-31(40)33(34(32)41)35(49)30-21-43-36-29(30)19-26(20-42-36)25-1-3-28(4-2-25)46-12-7-24(8-13-46)22-45-15-17-47(18-16-45)38(10-11-38)37(50)51/h1-6,19-21,24,27,44H,7-18,22-23H2,(H,42,43)(H,50,51)/t27-/m1/s1. The van der Waals surface area contributed by atoms with Crippen molar-refractivity contribution in [2.75, 3.05) is 68.5 Å². The number of pyridine rings is 1. The number of H-pyrrole nitrogens is 1. The van der Waals surface area contributed by atoms with Gasteiger partial charge in [-0.25, -0.2) is 18.2 Å². The number of hydrogen-bond donors (Lipinski definition) is 3. The van der Waals surface area contributed by atoms with E-state index in [9.17, 15) is 27.5 Å². The fraction of sp³-hybridized carbons (Fsp3) is 0.447. The zero-order chi connectivity index (χ0) is 37.8. The molecule has 3 saturated heterocycles. The molecule has 8 rings (SSSR count). The molecule has 54 heavy (non-hydrogen) atoms. The number of hydrogen-bond acceptors (Lipinski definition) is 8. The lowest BCUT2D eigenvalue weighted by molar-refractivity contribution is -0.146. The van der Waals surface area contributed by atoms with Gasteiger partial charge in [-0.2, -0.15) is 12.7 Å². The average Bonchev–Trinajstić information content (AvgIpc) is 3.69. The summed E-state index contributed by atoms with van der Waals surface area (Å²) >= 11 is 0. The van der Waals surface area contributed by atoms with Crippen LogP contribution >= 0.6 is 0 Å². The second-order valence-electron chi connectivity index (χ2n) is 14.9. The first-order valence-corrected chi connectivity index (χ1v) is 19.8. The Hall–Kier alpha value is -4.51. The first-order chi connectivity index (χ1) is 25.9. The molecule has 1 aliphatic carbocycles. The third-order valence-corrected chi connectivity index (χ3v) is 13.1. The van der Waals surface area contributed by atoms with E-state index >= 15 is 8.78 Å². The number of piperazine rings is 1. The fourth-order valence-electron chi connectivity index (χ4n) is 8.18. The number of nitrogens with zero attached hydrogens (tertiary/aromatic N) is 5. The van der Waals surface area contributed by atoms with Crippen LogP contribution in [0, 0.1) is 17.6 Å². The van der Waals surface area contributed by atoms with Gasteiger partial charge >= 0.3 is 16.2 Å². The molecule has 4 fully saturated rings. The van der Waals surface area contributed by atoms with Crippen molar-refractivity contribution in [2.45, 2.75) is 43.8 Å². The number of aromatic amines is 1. The lowest BCUT2D eigenvalue weighted by Crippen LogP contribution is -2.55. The molecule has 16 heteroatoms. The van der Waals surface area contributed by atoms with E-state index in [1.165, 1.54) is 6.20 Å². The van der Waals surface area contributed by atoms with Gasteiger partial charge in [0, 0.05) is 93.5 Å². The molecule has 0 unspecified atom stereocenters. The first-order valence-electron chi connectivity index (χ1n) is 18.4. The fourth-order valence-corrected chi connectivity index (χ4v) is 9.45. The number of benzene rings is 2. The Morgan fingerprint density at radius 1 is 0.944 bits per heavy atom. The molecule has 2 aromatic heterocycles. The number of carboxylic acid groups (broad SMARTS) is 1. The number of carboxylic acids is 1. The number of rotatable bonds is 11. The van der Waals surface area contributed by atoms with Crippen molar-refractivity contribution in [3.63, 3.8) is 0 Å². The number of carbonyl (C=O) groups excluding carboxylic acids is 1. The third-order valence-electron chi connectivity index (χ3n) is 11.6. The quantitative estimate of drug-likeness (QED) is 0.182. The largest absolute Gasteiger partial charge is 0.480 e. The summed E-state index contributed by atoms with van der Waals surface area (Å²) < 4.78 is 72.8. The minimum absolute atomic E-state index is 0.0105. The van der Waals surface area contributed by atoms with Crippen LogP contribution in [-0.2, 0) is 15.0 Å². The summed E-state index contributed by atoms with van der Waals surface area (Å²) in [7, 11) is -4.34. The zero-order valence-electron chi connectivity index (χ0n) is 29.6. The molecule has 0 radical (unpaired) electrons. The molecule has 1 saturated carbocycles. The molecular weight excluding hydrogens is 724 g/mol. The number of ketones is 1. The van der Waals surface area contributed by atoms with Gasteiger partial charge in [-0.15, -0.1) is 0 Å². The van der Waals surface area contributed by atoms with E-state index in [4.69, 9.17) is 0 Å². The highest BCUT2D eigenvalue weighted by atomic mass is 32.2. The maximum Gasteiger partial charge on any atom is 0.324 e. The summed E-state index contributed by atoms with van der Waals surface area (Å²) in [5.41, 5.74) is 0.764. The van der Waals surface area contributed by atoms with Crippen molar-refractivity contribution in [2.24, 2.45) is 5.92 Å². The van der Waals surface area contributed by atoms with Crippen LogP contribution in [0.15, 0.2) is 54.9 Å². The number of alkyl halides is 1. The number of aromatic nitrogens is 2. The van der Waals surface area contributed by atoms with Gasteiger partial charge in [-0.1, -0.05) is 12.1 Å². The van der Waals surface area contributed by atoms with E-state index in [2.05, 4.69) is 24.7 Å². The summed E-state index contributed by atoms with van der Waals surface area (Å²) in [6.45, 7) is 5.86. The second kappa shape index (κ2) is 14.3. The monoisotopic (exact) mass is 765 g/mol. The topological polar surface area (TPSA) is 142 Å². The Morgan fingerprint density at radius 3 is 2.31 bits per heavy atom. The highest BCUT2D eigenvalue weighted by Gasteiger charge is 2.55. The van der Waals surface area contributed by atoms with E-state index < -0.39 is 56.6 Å². The summed E-state index contributed by atoms with van der Waals surface area (Å²) in [4.78, 5) is 39.7. The molecule has 3 N–H and O–H groups in total. The van der Waals surface area contributed by atoms with Crippen molar-refractivity contribution in [3.05, 3.63) is 77.6 Å². The first kappa shape index (κ1) is 36.5. The minimum Gasteiger partial charge on any atom is -0.480 e. The van der Waals surface area contributed by atoms with E-state index in [-0.39, 0.29) is 25.1 Å². The van der Waals surface area contributed by atoms with Crippen LogP contribution in [0.3, 0.4) is 0 Å². The lowest BCUT2D eigenvalue weighted by Gasteiger charge is -2.41. The predicted octanol–water partition coefficient (Wildman–Crippen LogP) is 4.89. The Morgan fingerprint density at radius 2 is 1.67 bits per heavy atom. The molecule has 5 heterocycles. The SMILES string of the molecule is O=C(c1c(F)ccc(NS(=O)(=O)N2CC[C@@H](F)C2)c1F)c1c[nH]c2ncc(-c3ccc(N4CCC(CN5CCN(C6(C(=O)O)CC6)CC5)CC4)cc3)cc12. The van der Waals surface area contributed by atoms with Gasteiger partial charge in [0.05, 0.1) is 11.3 Å². The molecule has 0 bridgehead atoms. The van der Waals surface area contributed by atoms with Crippen molar-refractivity contribution in [1.82, 2.24) is 24.1 Å². The van der Waals surface area contributed by atoms with Crippen molar-refractivity contribution >= 4 is 44.4 Å². The molecule has 2 aromatic carbocycles. The minimum atomic E-state index is -4.34. The van der Waals surface area contributed by atoms with Gasteiger partial charge in [0.1, 0.15) is 23.2 Å². The molecule has 4 aromatic rings. The highest BCUT2D eigenvalue weighted by Crippen LogP contribution is 2.42. The third kappa shape index (κ3) is 6.95. The number of carbonyl (C=O) groups is 2. The van der Waals surface area contributed by atoms with E-state index in [1.54, 1.807) is 12.3 Å². The summed E-state index contributed by atoms with van der Waals surface area (Å²) in [6, 6.07) is 11.5. The van der Waals surface area contributed by atoms with Gasteiger partial charge in [0.15, 0.2) is 5.82 Å². The molecule has 286 valence electrons. The molecule has 12 nitrogen and oxygen atoms in total. The molecular formula is C38H42F3N7O5S. The van der Waals surface area contributed by atoms with Crippen molar-refractivity contribution in [3.8, 4) is 11.1 Å². The molecule has 3 aliphatic heterocycles. The Bertz CT molecular complexity index is 2180. The smallest absolute Gasteiger partial charge is 0.324 e. The molecule has 0 amide bonds. The number of halogens is 3.